The average Bonchev–Trinajstić information content (AvgIpc) is 1.49. The van der Waals surface area contributed by atoms with Gasteiger partial charge in [0.05, 0.1) is 32.8 Å². The molecule has 8 heterocycles. The van der Waals surface area contributed by atoms with Crippen LogP contribution in [0.4, 0.5) is 91.0 Å². The van der Waals surface area contributed by atoms with E-state index in [2.05, 4.69) is 497 Å². The number of benzene rings is 16. The van der Waals surface area contributed by atoms with Crippen LogP contribution in [0.5, 0.6) is 0 Å². The lowest BCUT2D eigenvalue weighted by molar-refractivity contribution is 0.195. The second-order valence-electron chi connectivity index (χ2n) is 51.4. The molecule has 0 spiro atoms. The van der Waals surface area contributed by atoms with Crippen molar-refractivity contribution in [1.29, 1.82) is 0 Å². The number of nitrogens with zero attached hydrogens (tertiary/aromatic N) is 6. The first-order valence-electron chi connectivity index (χ1n) is 54.9. The first-order valence-corrected chi connectivity index (χ1v) is 56.5. The van der Waals surface area contributed by atoms with E-state index in [1.54, 1.807) is 11.1 Å². The molecule has 4 unspecified atom stereocenters. The SMILES string of the molecule is Cc1cc2c3c(c1)N1c4c(cc(C(C)(C)C)cc4C4(C)CCCCC14C)B3c1ccc(N(c3ccc(C(C)(C)C)cc3)c3ccc4sc5ccccc5c4c3)cc1N2c1ccc(C(C)(C)C)cc1-c1ccccc1.Cc1cc2c3c(c1)N1c4c(cccc4C4(C)CCCCC14C)B3c1ccc(N(c3ccc(C(C)(C)C)cc3)c3cccc4c3sc3ccccc34)cc1N2c1cc2c(cc1-c1ccccc1)C(C)(C)CCC2(C)C. The molecule has 6 nitrogen and oxygen atoms in total. The zero-order chi connectivity index (χ0) is 102. The van der Waals surface area contributed by atoms with Crippen LogP contribution < -0.4 is 62.2 Å². The lowest BCUT2D eigenvalue weighted by Crippen LogP contribution is -2.64. The fraction of sp³-hybridized carbons (Fsp3) is 0.304. The maximum Gasteiger partial charge on any atom is 0.252 e. The van der Waals surface area contributed by atoms with Crippen molar-refractivity contribution >= 4 is 200 Å². The van der Waals surface area contributed by atoms with Gasteiger partial charge in [0.15, 0.2) is 0 Å². The average molecular weight is 1970 g/mol. The molecule has 9 aliphatic rings. The van der Waals surface area contributed by atoms with E-state index in [1.165, 1.54) is 254 Å². The van der Waals surface area contributed by atoms with Crippen molar-refractivity contribution in [2.75, 3.05) is 29.4 Å². The summed E-state index contributed by atoms with van der Waals surface area (Å²) >= 11 is 3.79. The summed E-state index contributed by atoms with van der Waals surface area (Å²) in [7, 11) is 0. The van der Waals surface area contributed by atoms with Gasteiger partial charge in [0.25, 0.3) is 13.4 Å². The molecule has 0 N–H and O–H groups in total. The van der Waals surface area contributed by atoms with Crippen molar-refractivity contribution in [2.24, 2.45) is 0 Å². The van der Waals surface area contributed by atoms with E-state index in [4.69, 9.17) is 0 Å². The Morgan fingerprint density at radius 2 is 0.709 bits per heavy atom. The number of anilines is 16. The van der Waals surface area contributed by atoms with Crippen LogP contribution in [0, 0.1) is 13.8 Å². The summed E-state index contributed by atoms with van der Waals surface area (Å²) in [6.07, 6.45) is 12.1. The minimum absolute atomic E-state index is 0.00766. The van der Waals surface area contributed by atoms with Crippen molar-refractivity contribution in [3.63, 3.8) is 0 Å². The van der Waals surface area contributed by atoms with Crippen LogP contribution >= 0.6 is 22.7 Å². The second kappa shape index (κ2) is 33.2. The molecule has 2 aromatic heterocycles. The van der Waals surface area contributed by atoms with Gasteiger partial charge in [0.2, 0.25) is 0 Å². The lowest BCUT2D eigenvalue weighted by atomic mass is 9.33. The zero-order valence-corrected chi connectivity index (χ0v) is 92.4. The fourth-order valence-electron chi connectivity index (χ4n) is 28.6. The molecule has 6 aliphatic heterocycles. The molecular formula is C138H138B2N6S2. The monoisotopic (exact) mass is 1970 g/mol. The molecular weight excluding hydrogens is 1830 g/mol. The van der Waals surface area contributed by atoms with Crippen LogP contribution in [0.15, 0.2) is 315 Å². The Bertz CT molecular complexity index is 8550. The third-order valence-corrected chi connectivity index (χ3v) is 39.7. The minimum atomic E-state index is -0.0676. The second-order valence-corrected chi connectivity index (χ2v) is 53.5. The molecule has 27 rings (SSSR count). The van der Waals surface area contributed by atoms with E-state index in [1.807, 2.05) is 22.7 Å². The van der Waals surface area contributed by atoms with Gasteiger partial charge in [-0.2, -0.15) is 0 Å². The van der Waals surface area contributed by atoms with Crippen molar-refractivity contribution in [2.45, 2.75) is 271 Å². The highest BCUT2D eigenvalue weighted by Crippen LogP contribution is 2.66. The first kappa shape index (κ1) is 94.6. The van der Waals surface area contributed by atoms with Gasteiger partial charge in [-0.05, 0) is 332 Å². The van der Waals surface area contributed by atoms with Gasteiger partial charge < -0.3 is 29.4 Å². The molecule has 0 radical (unpaired) electrons. The van der Waals surface area contributed by atoms with Gasteiger partial charge in [-0.3, -0.25) is 0 Å². The Hall–Kier alpha value is -13.1. The van der Waals surface area contributed by atoms with E-state index in [-0.39, 0.29) is 67.8 Å². The van der Waals surface area contributed by atoms with E-state index in [0.717, 1.165) is 41.3 Å². The highest BCUT2D eigenvalue weighted by atomic mass is 32.1. The molecule has 2 fully saturated rings. The minimum Gasteiger partial charge on any atom is -0.335 e. The highest BCUT2D eigenvalue weighted by molar-refractivity contribution is 7.26. The number of hydrogen-bond donors (Lipinski definition) is 0. The van der Waals surface area contributed by atoms with Crippen molar-refractivity contribution < 1.29 is 0 Å². The molecule has 0 amide bonds. The van der Waals surface area contributed by atoms with Crippen molar-refractivity contribution in [1.82, 2.24) is 0 Å². The van der Waals surface area contributed by atoms with E-state index >= 15 is 0 Å². The van der Waals surface area contributed by atoms with Crippen molar-refractivity contribution in [3.8, 4) is 22.3 Å². The van der Waals surface area contributed by atoms with Gasteiger partial charge in [0.1, 0.15) is 0 Å². The van der Waals surface area contributed by atoms with Crippen LogP contribution in [-0.2, 0) is 43.3 Å². The van der Waals surface area contributed by atoms with Gasteiger partial charge in [-0.1, -0.05) is 332 Å². The molecule has 4 atom stereocenters. The number of rotatable bonds is 10. The number of aryl methyl sites for hydroxylation is 2. The van der Waals surface area contributed by atoms with Crippen LogP contribution in [0.3, 0.4) is 0 Å². The van der Waals surface area contributed by atoms with Crippen LogP contribution in [0.25, 0.3) is 62.6 Å². The smallest absolute Gasteiger partial charge is 0.252 e. The third-order valence-electron chi connectivity index (χ3n) is 37.3. The largest absolute Gasteiger partial charge is 0.335 e. The summed E-state index contributed by atoms with van der Waals surface area (Å²) in [5.74, 6) is 0. The Kier molecular flexibility index (Phi) is 21.2. The summed E-state index contributed by atoms with van der Waals surface area (Å²) in [6, 6.07) is 124. The summed E-state index contributed by atoms with van der Waals surface area (Å²) in [5.41, 5.74) is 47.8. The first-order chi connectivity index (χ1) is 70.7. The highest BCUT2D eigenvalue weighted by Gasteiger charge is 2.64. The van der Waals surface area contributed by atoms with Gasteiger partial charge >= 0.3 is 0 Å². The summed E-state index contributed by atoms with van der Waals surface area (Å²) < 4.78 is 5.24. The predicted molar refractivity (Wildman–Crippen MR) is 643 cm³/mol. The molecule has 10 heteroatoms. The topological polar surface area (TPSA) is 19.4 Å². The molecule has 148 heavy (non-hydrogen) atoms. The molecule has 738 valence electrons. The Labute approximate surface area is 887 Å². The van der Waals surface area contributed by atoms with Gasteiger partial charge in [-0.15, -0.1) is 22.7 Å². The summed E-state index contributed by atoms with van der Waals surface area (Å²) in [5, 5.41) is 5.22. The molecule has 18 aromatic rings. The Morgan fingerprint density at radius 3 is 1.28 bits per heavy atom. The molecule has 0 saturated heterocycles. The van der Waals surface area contributed by atoms with E-state index in [0.29, 0.717) is 0 Å². The fourth-order valence-corrected chi connectivity index (χ4v) is 30.9. The number of thiophene rings is 2. The molecule has 0 bridgehead atoms. The predicted octanol–water partition coefficient (Wildman–Crippen LogP) is 35.2. The van der Waals surface area contributed by atoms with E-state index < -0.39 is 0 Å². The van der Waals surface area contributed by atoms with Crippen LogP contribution in [0.2, 0.25) is 0 Å². The number of hydrogen-bond acceptors (Lipinski definition) is 8. The van der Waals surface area contributed by atoms with Crippen LogP contribution in [-0.4, -0.2) is 24.5 Å². The molecule has 2 saturated carbocycles. The van der Waals surface area contributed by atoms with Gasteiger partial charge in [-0.25, -0.2) is 0 Å². The molecule has 3 aliphatic carbocycles. The lowest BCUT2D eigenvalue weighted by Gasteiger charge is -2.53. The third kappa shape index (κ3) is 14.2. The number of fused-ring (bicyclic) bond motifs is 21. The maximum absolute atomic E-state index is 2.89. The van der Waals surface area contributed by atoms with Crippen molar-refractivity contribution in [3.05, 3.63) is 371 Å². The van der Waals surface area contributed by atoms with Crippen LogP contribution in [0.1, 0.15) is 258 Å². The molecule has 16 aromatic carbocycles. The Balaban J connectivity index is 0.000000150. The number of para-hydroxylation sites is 1. The summed E-state index contributed by atoms with van der Waals surface area (Å²) in [6.45, 7) is 53.2. The quantitative estimate of drug-likeness (QED) is 0.126. The zero-order valence-electron chi connectivity index (χ0n) is 90.7. The normalized spacial score (nSPS) is 19.8. The van der Waals surface area contributed by atoms with Gasteiger partial charge in [0, 0.05) is 132 Å². The maximum atomic E-state index is 2.89. The van der Waals surface area contributed by atoms with E-state index in [9.17, 15) is 0 Å². The summed E-state index contributed by atoms with van der Waals surface area (Å²) in [4.78, 5) is 16.3. The Morgan fingerprint density at radius 1 is 0.277 bits per heavy atom. The standard InChI is InChI=1S/C69H68BN3S.C69H70BN3S/c1-43-38-59-62-60(39-43)73-63-51(68(9)34-16-17-35-69(68,73)10)24-19-25-55(63)70(62)54-33-32-47(40-58(54)72(59)57-42-53-52(66(5,6)36-37-67(53,7)8)41-50(57)44-20-12-11-13-21-44)71(46-30-28-45(29-31-46)65(2,3)4)56-26-18-23-49-48-22-14-15-27-61(48)74-64(49)56;1-43-36-59-63-60(37-43)73-64-54(68(11)34-18-19-35-69(68,73)12)39-47(67(8,9)10)40-56(64)70(63)55-31-29-50(42-58(55)72(59)57-32-26-46(66(5,6)7)38-52(57)44-20-14-13-15-21-44)71(48-27-24-45(25-28-48)65(2,3)4)49-30-33-62-53(41-49)51-22-16-17-23-61(51)74-62/h11-15,18-33,38-42H,16-17,34-37H2,1-10H3;13-17,20-33,36-42H,18-19,34-35H2,1-12H3.